The first kappa shape index (κ1) is 6.29. The van der Waals surface area contributed by atoms with Crippen LogP contribution in [0.2, 0.25) is 0 Å². The lowest BCUT2D eigenvalue weighted by Crippen LogP contribution is -2.15. The van der Waals surface area contributed by atoms with Gasteiger partial charge in [0, 0.05) is 0 Å². The largest absolute Gasteiger partial charge is 0.486 e. The lowest BCUT2D eigenvalue weighted by molar-refractivity contribution is 0.265. The molecular weight excluding hydrogens is 134 g/mol. The summed E-state index contributed by atoms with van der Waals surface area (Å²) in [5, 5.41) is 0. The molecule has 0 radical (unpaired) electrons. The number of hydrogen-bond donors (Lipinski definition) is 1. The Bertz CT molecular complexity index is 183. The Kier molecular flexibility index (Phi) is 1.85. The smallest absolute Gasteiger partial charge is 0.153 e. The number of rotatable bonds is 1. The van der Waals surface area contributed by atoms with Crippen LogP contribution in [0.15, 0.2) is 24.0 Å². The van der Waals surface area contributed by atoms with Crippen molar-refractivity contribution < 1.29 is 4.74 Å². The molecule has 1 rings (SSSR count). The lowest BCUT2D eigenvalue weighted by atomic mass is 10.3. The van der Waals surface area contributed by atoms with E-state index in [0.29, 0.717) is 17.4 Å². The van der Waals surface area contributed by atoms with Gasteiger partial charge in [-0.25, -0.2) is 0 Å². The fourth-order valence-electron chi connectivity index (χ4n) is 0.550. The van der Waals surface area contributed by atoms with E-state index in [1.807, 2.05) is 12.2 Å². The average Bonchev–Trinajstić information content (AvgIpc) is 1.90. The summed E-state index contributed by atoms with van der Waals surface area (Å²) in [6.45, 7) is 0.573. The van der Waals surface area contributed by atoms with E-state index in [9.17, 15) is 0 Å². The van der Waals surface area contributed by atoms with Crippen molar-refractivity contribution >= 4 is 17.2 Å². The molecule has 3 heteroatoms. The van der Waals surface area contributed by atoms with Crippen molar-refractivity contribution in [2.75, 3.05) is 6.61 Å². The molecule has 1 heterocycles. The molecule has 0 spiro atoms. The summed E-state index contributed by atoms with van der Waals surface area (Å²) in [5.41, 5.74) is 5.27. The van der Waals surface area contributed by atoms with Crippen molar-refractivity contribution in [2.45, 2.75) is 0 Å². The van der Waals surface area contributed by atoms with E-state index in [1.165, 1.54) is 0 Å². The van der Waals surface area contributed by atoms with Crippen LogP contribution in [0, 0.1) is 0 Å². The molecule has 0 aliphatic carbocycles. The molecular formula is C6H7NOS. The molecule has 2 nitrogen and oxygen atoms in total. The fourth-order valence-corrected chi connectivity index (χ4v) is 0.677. The van der Waals surface area contributed by atoms with E-state index < -0.39 is 0 Å². The molecule has 0 aromatic heterocycles. The van der Waals surface area contributed by atoms with Crippen LogP contribution in [0.25, 0.3) is 0 Å². The maximum atomic E-state index is 5.27. The number of allylic oxidation sites excluding steroid dienone is 2. The number of ether oxygens (including phenoxy) is 1. The highest BCUT2D eigenvalue weighted by atomic mass is 32.1. The first-order valence-corrected chi connectivity index (χ1v) is 3.01. The summed E-state index contributed by atoms with van der Waals surface area (Å²) in [5.74, 6) is 0.604. The van der Waals surface area contributed by atoms with Crippen LogP contribution in [0.1, 0.15) is 0 Å². The van der Waals surface area contributed by atoms with E-state index >= 15 is 0 Å². The van der Waals surface area contributed by atoms with Crippen LogP contribution in [-0.4, -0.2) is 11.6 Å². The van der Waals surface area contributed by atoms with E-state index in [4.69, 9.17) is 10.5 Å². The Hall–Kier alpha value is -0.830. The van der Waals surface area contributed by atoms with Crippen LogP contribution in [0.3, 0.4) is 0 Å². The highest BCUT2D eigenvalue weighted by Gasteiger charge is 2.00. The van der Waals surface area contributed by atoms with Gasteiger partial charge in [-0.3, -0.25) is 0 Å². The average molecular weight is 141 g/mol. The van der Waals surface area contributed by atoms with Gasteiger partial charge in [-0.1, -0.05) is 18.3 Å². The van der Waals surface area contributed by atoms with Crippen LogP contribution in [0.4, 0.5) is 0 Å². The van der Waals surface area contributed by atoms with E-state index in [2.05, 4.69) is 12.2 Å². The van der Waals surface area contributed by atoms with Crippen molar-refractivity contribution in [1.82, 2.24) is 0 Å². The standard InChI is InChI=1S/C6H7NOS/c7-6(9)5-3-1-2-4-8-5/h1-3H,4H2,(H2,7,9). The third-order valence-electron chi connectivity index (χ3n) is 0.962. The van der Waals surface area contributed by atoms with Crippen molar-refractivity contribution in [3.63, 3.8) is 0 Å². The van der Waals surface area contributed by atoms with Gasteiger partial charge < -0.3 is 10.5 Å². The zero-order valence-corrected chi connectivity index (χ0v) is 5.65. The van der Waals surface area contributed by atoms with E-state index in [1.54, 1.807) is 6.08 Å². The lowest BCUT2D eigenvalue weighted by Gasteiger charge is -2.08. The summed E-state index contributed by atoms with van der Waals surface area (Å²) >= 11 is 4.67. The van der Waals surface area contributed by atoms with Crippen molar-refractivity contribution in [1.29, 1.82) is 0 Å². The minimum Gasteiger partial charge on any atom is -0.486 e. The van der Waals surface area contributed by atoms with E-state index in [-0.39, 0.29) is 0 Å². The number of hydrogen-bond acceptors (Lipinski definition) is 2. The summed E-state index contributed by atoms with van der Waals surface area (Å²) < 4.78 is 5.05. The van der Waals surface area contributed by atoms with Crippen molar-refractivity contribution in [3.8, 4) is 0 Å². The third-order valence-corrected chi connectivity index (χ3v) is 1.16. The summed E-state index contributed by atoms with van der Waals surface area (Å²) in [6.07, 6.45) is 5.52. The van der Waals surface area contributed by atoms with Crippen LogP contribution in [-0.2, 0) is 4.74 Å². The first-order chi connectivity index (χ1) is 4.30. The zero-order chi connectivity index (χ0) is 6.69. The Morgan fingerprint density at radius 3 is 2.89 bits per heavy atom. The quantitative estimate of drug-likeness (QED) is 0.547. The van der Waals surface area contributed by atoms with Gasteiger partial charge in [0.05, 0.1) is 0 Å². The first-order valence-electron chi connectivity index (χ1n) is 2.60. The Morgan fingerprint density at radius 2 is 2.56 bits per heavy atom. The van der Waals surface area contributed by atoms with Gasteiger partial charge in [0.15, 0.2) is 5.76 Å². The maximum absolute atomic E-state index is 5.27. The van der Waals surface area contributed by atoms with E-state index in [0.717, 1.165) is 0 Å². The van der Waals surface area contributed by atoms with Gasteiger partial charge in [-0.05, 0) is 12.2 Å². The van der Waals surface area contributed by atoms with Gasteiger partial charge in [-0.2, -0.15) is 0 Å². The second kappa shape index (κ2) is 2.64. The molecule has 0 unspecified atom stereocenters. The Labute approximate surface area is 59.0 Å². The topological polar surface area (TPSA) is 35.2 Å². The monoisotopic (exact) mass is 141 g/mol. The molecule has 9 heavy (non-hydrogen) atoms. The minimum absolute atomic E-state index is 0.319. The molecule has 1 aliphatic heterocycles. The van der Waals surface area contributed by atoms with Gasteiger partial charge in [-0.15, -0.1) is 0 Å². The fraction of sp³-hybridized carbons (Fsp3) is 0.167. The number of thiocarbonyl (C=S) groups is 1. The second-order valence-corrected chi connectivity index (χ2v) is 2.07. The molecule has 0 saturated heterocycles. The molecule has 48 valence electrons. The molecule has 1 aliphatic rings. The predicted molar refractivity (Wildman–Crippen MR) is 40.0 cm³/mol. The molecule has 0 aromatic carbocycles. The highest BCUT2D eigenvalue weighted by Crippen LogP contribution is 2.02. The molecule has 0 bridgehead atoms. The van der Waals surface area contributed by atoms with Crippen LogP contribution in [0.5, 0.6) is 0 Å². The summed E-state index contributed by atoms with van der Waals surface area (Å²) in [4.78, 5) is 0.319. The van der Waals surface area contributed by atoms with Gasteiger partial charge in [0.25, 0.3) is 0 Å². The Morgan fingerprint density at radius 1 is 1.78 bits per heavy atom. The molecule has 0 fully saturated rings. The van der Waals surface area contributed by atoms with Gasteiger partial charge in [0.2, 0.25) is 0 Å². The summed E-state index contributed by atoms with van der Waals surface area (Å²) in [7, 11) is 0. The van der Waals surface area contributed by atoms with Crippen molar-refractivity contribution in [3.05, 3.63) is 24.0 Å². The Balaban J connectivity index is 2.68. The summed E-state index contributed by atoms with van der Waals surface area (Å²) in [6, 6.07) is 0. The second-order valence-electron chi connectivity index (χ2n) is 1.63. The van der Waals surface area contributed by atoms with Crippen molar-refractivity contribution in [2.24, 2.45) is 5.73 Å². The van der Waals surface area contributed by atoms with Gasteiger partial charge >= 0.3 is 0 Å². The molecule has 0 amide bonds. The van der Waals surface area contributed by atoms with Crippen LogP contribution >= 0.6 is 12.2 Å². The number of nitrogens with two attached hydrogens (primary N) is 1. The van der Waals surface area contributed by atoms with Gasteiger partial charge in [0.1, 0.15) is 11.6 Å². The normalized spacial score (nSPS) is 16.2. The minimum atomic E-state index is 0.319. The highest BCUT2D eigenvalue weighted by molar-refractivity contribution is 7.80. The van der Waals surface area contributed by atoms with Crippen LogP contribution < -0.4 is 5.73 Å². The predicted octanol–water partition coefficient (Wildman–Crippen LogP) is 0.743. The molecule has 0 atom stereocenters. The molecule has 2 N–H and O–H groups in total. The molecule has 0 aromatic rings. The molecule has 0 saturated carbocycles. The SMILES string of the molecule is NC(=S)C1=CC=CCO1. The third kappa shape index (κ3) is 1.54. The zero-order valence-electron chi connectivity index (χ0n) is 4.83. The maximum Gasteiger partial charge on any atom is 0.153 e.